The molecule has 3 rings (SSSR count). The first kappa shape index (κ1) is 20.7. The summed E-state index contributed by atoms with van der Waals surface area (Å²) in [6, 6.07) is 12.5. The molecule has 1 amide bonds. The smallest absolute Gasteiger partial charge is 0.276 e. The van der Waals surface area contributed by atoms with E-state index in [-0.39, 0.29) is 22.2 Å². The van der Waals surface area contributed by atoms with Crippen molar-refractivity contribution in [2.24, 2.45) is 0 Å². The van der Waals surface area contributed by atoms with E-state index in [9.17, 15) is 18.0 Å². The van der Waals surface area contributed by atoms with Gasteiger partial charge in [-0.1, -0.05) is 24.3 Å². The van der Waals surface area contributed by atoms with Crippen LogP contribution in [0.25, 0.3) is 10.8 Å². The van der Waals surface area contributed by atoms with Crippen molar-refractivity contribution in [2.75, 3.05) is 19.4 Å². The summed E-state index contributed by atoms with van der Waals surface area (Å²) in [5.74, 6) is -0.532. The van der Waals surface area contributed by atoms with Crippen molar-refractivity contribution < 1.29 is 13.2 Å². The highest BCUT2D eigenvalue weighted by Gasteiger charge is 2.20. The van der Waals surface area contributed by atoms with Gasteiger partial charge in [-0.15, -0.1) is 0 Å². The molecule has 1 N–H and O–H groups in total. The lowest BCUT2D eigenvalue weighted by Gasteiger charge is -2.14. The second-order valence-electron chi connectivity index (χ2n) is 7.01. The van der Waals surface area contributed by atoms with Gasteiger partial charge in [0.25, 0.3) is 11.5 Å². The molecule has 0 saturated carbocycles. The fourth-order valence-electron chi connectivity index (χ4n) is 2.86. The summed E-state index contributed by atoms with van der Waals surface area (Å²) in [5, 5.41) is 7.78. The fraction of sp³-hybridized carbons (Fsp3) is 0.250. The first-order chi connectivity index (χ1) is 13.6. The van der Waals surface area contributed by atoms with Crippen LogP contribution in [-0.2, 0) is 10.0 Å². The minimum absolute atomic E-state index is 0.0604. The predicted molar refractivity (Wildman–Crippen MR) is 112 cm³/mol. The zero-order valence-electron chi connectivity index (χ0n) is 16.6. The molecule has 0 bridgehead atoms. The Hall–Kier alpha value is -3.04. The number of amides is 1. The normalized spacial score (nSPS) is 11.9. The van der Waals surface area contributed by atoms with Gasteiger partial charge >= 0.3 is 0 Å². The highest BCUT2D eigenvalue weighted by atomic mass is 32.2. The molecule has 2 aromatic carbocycles. The number of aromatic nitrogens is 2. The first-order valence-electron chi connectivity index (χ1n) is 8.98. The van der Waals surface area contributed by atoms with Crippen LogP contribution in [0.15, 0.2) is 58.2 Å². The highest BCUT2D eigenvalue weighted by molar-refractivity contribution is 7.89. The van der Waals surface area contributed by atoms with Crippen LogP contribution < -0.4 is 10.9 Å². The van der Waals surface area contributed by atoms with Crippen LogP contribution in [0.2, 0.25) is 0 Å². The van der Waals surface area contributed by atoms with Crippen molar-refractivity contribution >= 4 is 32.4 Å². The molecule has 1 heterocycles. The van der Waals surface area contributed by atoms with Crippen molar-refractivity contribution in [2.45, 2.75) is 24.8 Å². The summed E-state index contributed by atoms with van der Waals surface area (Å²) in [6.45, 7) is 3.61. The van der Waals surface area contributed by atoms with E-state index in [0.717, 1.165) is 4.31 Å². The minimum atomic E-state index is -3.64. The number of nitrogens with zero attached hydrogens (tertiary/aromatic N) is 3. The maximum atomic E-state index is 13.0. The van der Waals surface area contributed by atoms with Crippen molar-refractivity contribution in [3.8, 4) is 0 Å². The second kappa shape index (κ2) is 7.76. The van der Waals surface area contributed by atoms with Gasteiger partial charge in [-0.25, -0.2) is 17.4 Å². The Kier molecular flexibility index (Phi) is 5.54. The Morgan fingerprint density at radius 2 is 1.72 bits per heavy atom. The van der Waals surface area contributed by atoms with Gasteiger partial charge in [-0.3, -0.25) is 9.59 Å². The molecule has 9 heteroatoms. The molecule has 0 atom stereocenters. The van der Waals surface area contributed by atoms with E-state index in [2.05, 4.69) is 10.4 Å². The number of benzene rings is 2. The van der Waals surface area contributed by atoms with Crippen LogP contribution in [0.4, 0.5) is 5.69 Å². The van der Waals surface area contributed by atoms with Crippen LogP contribution in [-0.4, -0.2) is 42.5 Å². The molecular weight excluding hydrogens is 392 g/mol. The van der Waals surface area contributed by atoms with Crippen molar-refractivity contribution in [1.82, 2.24) is 14.1 Å². The zero-order chi connectivity index (χ0) is 21.3. The van der Waals surface area contributed by atoms with Gasteiger partial charge in [-0.2, -0.15) is 5.10 Å². The molecule has 0 saturated heterocycles. The highest BCUT2D eigenvalue weighted by Crippen LogP contribution is 2.20. The van der Waals surface area contributed by atoms with E-state index in [0.29, 0.717) is 16.5 Å². The summed E-state index contributed by atoms with van der Waals surface area (Å²) in [7, 11) is -0.764. The number of anilines is 1. The summed E-state index contributed by atoms with van der Waals surface area (Å²) < 4.78 is 27.0. The third kappa shape index (κ3) is 3.92. The molecule has 3 aromatic rings. The predicted octanol–water partition coefficient (Wildman–Crippen LogP) is 2.48. The number of carbonyl (C=O) groups excluding carboxylic acids is 1. The summed E-state index contributed by atoms with van der Waals surface area (Å²) in [5.41, 5.74) is 0.132. The third-order valence-electron chi connectivity index (χ3n) is 4.40. The molecule has 1 aromatic heterocycles. The van der Waals surface area contributed by atoms with Crippen LogP contribution in [0.1, 0.15) is 30.4 Å². The molecule has 0 unspecified atom stereocenters. The van der Waals surface area contributed by atoms with E-state index < -0.39 is 15.9 Å². The lowest BCUT2D eigenvalue weighted by Crippen LogP contribution is -2.29. The van der Waals surface area contributed by atoms with Crippen LogP contribution >= 0.6 is 0 Å². The zero-order valence-corrected chi connectivity index (χ0v) is 17.4. The molecule has 0 spiro atoms. The first-order valence-corrected chi connectivity index (χ1v) is 10.4. The summed E-state index contributed by atoms with van der Waals surface area (Å²) >= 11 is 0. The Morgan fingerprint density at radius 1 is 1.07 bits per heavy atom. The average Bonchev–Trinajstić information content (AvgIpc) is 2.68. The molecule has 0 aliphatic rings. The minimum Gasteiger partial charge on any atom is -0.321 e. The number of carbonyl (C=O) groups is 1. The van der Waals surface area contributed by atoms with Crippen LogP contribution in [0.3, 0.4) is 0 Å². The number of hydrogen-bond donors (Lipinski definition) is 1. The van der Waals surface area contributed by atoms with E-state index >= 15 is 0 Å². The topological polar surface area (TPSA) is 101 Å². The summed E-state index contributed by atoms with van der Waals surface area (Å²) in [6.07, 6.45) is 0. The Bertz CT molecular complexity index is 1250. The monoisotopic (exact) mass is 414 g/mol. The molecule has 0 radical (unpaired) electrons. The average molecular weight is 414 g/mol. The summed E-state index contributed by atoms with van der Waals surface area (Å²) in [4.78, 5) is 25.6. The van der Waals surface area contributed by atoms with Crippen molar-refractivity contribution in [3.63, 3.8) is 0 Å². The van der Waals surface area contributed by atoms with Gasteiger partial charge in [0.1, 0.15) is 0 Å². The maximum Gasteiger partial charge on any atom is 0.276 e. The molecule has 8 nitrogen and oxygen atoms in total. The van der Waals surface area contributed by atoms with E-state index in [1.807, 2.05) is 0 Å². The number of sulfonamides is 1. The van der Waals surface area contributed by atoms with Crippen LogP contribution in [0, 0.1) is 0 Å². The molecule has 0 aliphatic heterocycles. The van der Waals surface area contributed by atoms with E-state index in [1.165, 1.54) is 30.9 Å². The maximum absolute atomic E-state index is 13.0. The number of nitrogens with one attached hydrogen (secondary N) is 1. The van der Waals surface area contributed by atoms with Crippen molar-refractivity contribution in [1.29, 1.82) is 0 Å². The lowest BCUT2D eigenvalue weighted by atomic mass is 10.1. The largest absolute Gasteiger partial charge is 0.321 e. The Labute approximate surface area is 168 Å². The molecular formula is C20H22N4O4S. The van der Waals surface area contributed by atoms with E-state index in [4.69, 9.17) is 0 Å². The third-order valence-corrected chi connectivity index (χ3v) is 6.21. The Morgan fingerprint density at radius 3 is 2.34 bits per heavy atom. The van der Waals surface area contributed by atoms with Gasteiger partial charge in [0.05, 0.1) is 16.3 Å². The molecule has 29 heavy (non-hydrogen) atoms. The number of fused-ring (bicyclic) bond motifs is 1. The fourth-order valence-corrected chi connectivity index (χ4v) is 3.81. The van der Waals surface area contributed by atoms with Crippen molar-refractivity contribution in [3.05, 3.63) is 64.6 Å². The standard InChI is InChI=1S/C20H22N4O4S/c1-13(2)24-20(26)17-11-6-5-10-16(17)18(22-24)19(25)21-14-8-7-9-15(12-14)29(27,28)23(3)4/h5-13H,1-4H3,(H,21,25). The quantitative estimate of drug-likeness (QED) is 0.691. The van der Waals surface area contributed by atoms with Gasteiger partial charge in [0, 0.05) is 25.2 Å². The van der Waals surface area contributed by atoms with E-state index in [1.54, 1.807) is 50.2 Å². The Balaban J connectivity index is 2.06. The lowest BCUT2D eigenvalue weighted by molar-refractivity contribution is 0.102. The van der Waals surface area contributed by atoms with Gasteiger partial charge < -0.3 is 5.32 Å². The molecule has 152 valence electrons. The van der Waals surface area contributed by atoms with Gasteiger partial charge in [-0.05, 0) is 38.1 Å². The number of hydrogen-bond acceptors (Lipinski definition) is 5. The number of rotatable bonds is 5. The van der Waals surface area contributed by atoms with Gasteiger partial charge in [0.15, 0.2) is 5.69 Å². The SMILES string of the molecule is CC(C)n1nc(C(=O)Nc2cccc(S(=O)(=O)N(C)C)c2)c2ccccc2c1=O. The molecule has 0 aliphatic carbocycles. The second-order valence-corrected chi connectivity index (χ2v) is 9.16. The van der Waals surface area contributed by atoms with Crippen LogP contribution in [0.5, 0.6) is 0 Å². The van der Waals surface area contributed by atoms with Gasteiger partial charge in [0.2, 0.25) is 10.0 Å². The molecule has 0 fully saturated rings.